The van der Waals surface area contributed by atoms with Gasteiger partial charge in [0.05, 0.1) is 0 Å². The van der Waals surface area contributed by atoms with Crippen LogP contribution >= 0.6 is 0 Å². The molecule has 1 amide bonds. The number of hydrogen-bond acceptors (Lipinski definition) is 5. The maximum absolute atomic E-state index is 12.0. The molecule has 1 N–H and O–H groups in total. The lowest BCUT2D eigenvalue weighted by Crippen LogP contribution is -2.23. The van der Waals surface area contributed by atoms with Crippen LogP contribution in [0.2, 0.25) is 0 Å². The van der Waals surface area contributed by atoms with Crippen LogP contribution in [0.15, 0.2) is 83.6 Å². The summed E-state index contributed by atoms with van der Waals surface area (Å²) in [4.78, 5) is 20.4. The first kappa shape index (κ1) is 18.6. The number of amides is 1. The Morgan fingerprint density at radius 3 is 2.41 bits per heavy atom. The lowest BCUT2D eigenvalue weighted by molar-refractivity contribution is -0.121. The molecule has 0 aliphatic heterocycles. The van der Waals surface area contributed by atoms with E-state index in [9.17, 15) is 4.79 Å². The van der Waals surface area contributed by atoms with Crippen LogP contribution in [0.1, 0.15) is 17.9 Å². The molecule has 2 aromatic heterocycles. The molecule has 0 unspecified atom stereocenters. The van der Waals surface area contributed by atoms with Crippen LogP contribution in [0.3, 0.4) is 0 Å². The van der Waals surface area contributed by atoms with Gasteiger partial charge in [-0.25, -0.2) is 0 Å². The Bertz CT molecular complexity index is 1060. The Labute approximate surface area is 168 Å². The smallest absolute Gasteiger partial charge is 0.227 e. The second-order valence-corrected chi connectivity index (χ2v) is 6.59. The molecule has 0 radical (unpaired) electrons. The fourth-order valence-electron chi connectivity index (χ4n) is 2.93. The number of nitrogens with one attached hydrogen (secondary N) is 1. The maximum Gasteiger partial charge on any atom is 0.227 e. The molecule has 4 rings (SSSR count). The Morgan fingerprint density at radius 2 is 1.66 bits per heavy atom. The standard InChI is InChI=1S/C23H20N4O2/c28-21(25-16-17-5-4-14-24-15-17)12-13-22-26-23(27-29-22)20-10-8-19(9-11-20)18-6-2-1-3-7-18/h1-11,14-15H,12-13,16H2,(H,25,28). The monoisotopic (exact) mass is 384 g/mol. The van der Waals surface area contributed by atoms with E-state index in [1.54, 1.807) is 12.4 Å². The highest BCUT2D eigenvalue weighted by atomic mass is 16.5. The summed E-state index contributed by atoms with van der Waals surface area (Å²) in [6.07, 6.45) is 4.12. The lowest BCUT2D eigenvalue weighted by atomic mass is 10.0. The summed E-state index contributed by atoms with van der Waals surface area (Å²) in [5.41, 5.74) is 4.12. The van der Waals surface area contributed by atoms with Gasteiger partial charge in [-0.15, -0.1) is 0 Å². The summed E-state index contributed by atoms with van der Waals surface area (Å²) >= 11 is 0. The van der Waals surface area contributed by atoms with Gasteiger partial charge < -0.3 is 9.84 Å². The third kappa shape index (κ3) is 4.93. The van der Waals surface area contributed by atoms with Crippen molar-refractivity contribution in [3.8, 4) is 22.5 Å². The Hall–Kier alpha value is -3.80. The Balaban J connectivity index is 1.32. The normalized spacial score (nSPS) is 10.6. The van der Waals surface area contributed by atoms with Crippen molar-refractivity contribution in [1.82, 2.24) is 20.4 Å². The average Bonchev–Trinajstić information content (AvgIpc) is 3.27. The first-order chi connectivity index (χ1) is 14.3. The predicted molar refractivity (Wildman–Crippen MR) is 110 cm³/mol. The zero-order chi connectivity index (χ0) is 19.9. The van der Waals surface area contributed by atoms with Gasteiger partial charge in [-0.3, -0.25) is 9.78 Å². The van der Waals surface area contributed by atoms with Gasteiger partial charge in [0, 0.05) is 37.3 Å². The number of aromatic nitrogens is 3. The van der Waals surface area contributed by atoms with Crippen LogP contribution in [-0.2, 0) is 17.8 Å². The Morgan fingerprint density at radius 1 is 0.897 bits per heavy atom. The molecule has 2 aromatic carbocycles. The molecule has 29 heavy (non-hydrogen) atoms. The topological polar surface area (TPSA) is 80.9 Å². The third-order valence-electron chi connectivity index (χ3n) is 4.50. The van der Waals surface area contributed by atoms with Gasteiger partial charge in [-0.05, 0) is 22.8 Å². The predicted octanol–water partition coefficient (Wildman–Crippen LogP) is 4.05. The van der Waals surface area contributed by atoms with Crippen molar-refractivity contribution in [2.75, 3.05) is 0 Å². The minimum absolute atomic E-state index is 0.0687. The fraction of sp³-hybridized carbons (Fsp3) is 0.130. The van der Waals surface area contributed by atoms with Crippen molar-refractivity contribution >= 4 is 5.91 Å². The summed E-state index contributed by atoms with van der Waals surface area (Å²) in [6, 6.07) is 21.9. The van der Waals surface area contributed by atoms with Crippen LogP contribution in [0.4, 0.5) is 0 Å². The molecule has 6 heteroatoms. The van der Waals surface area contributed by atoms with Crippen LogP contribution < -0.4 is 5.32 Å². The number of benzene rings is 2. The van der Waals surface area contributed by atoms with E-state index < -0.39 is 0 Å². The molecule has 0 aliphatic carbocycles. The first-order valence-electron chi connectivity index (χ1n) is 9.42. The molecular weight excluding hydrogens is 364 g/mol. The van der Waals surface area contributed by atoms with E-state index >= 15 is 0 Å². The SMILES string of the molecule is O=C(CCc1nc(-c2ccc(-c3ccccc3)cc2)no1)NCc1cccnc1. The van der Waals surface area contributed by atoms with Gasteiger partial charge in [0.25, 0.3) is 0 Å². The molecule has 0 fully saturated rings. The summed E-state index contributed by atoms with van der Waals surface area (Å²) in [7, 11) is 0. The summed E-state index contributed by atoms with van der Waals surface area (Å²) < 4.78 is 5.30. The van der Waals surface area contributed by atoms with E-state index in [1.165, 1.54) is 0 Å². The van der Waals surface area contributed by atoms with Crippen molar-refractivity contribution in [3.63, 3.8) is 0 Å². The largest absolute Gasteiger partial charge is 0.352 e. The van der Waals surface area contributed by atoms with Gasteiger partial charge in [0.15, 0.2) is 0 Å². The van der Waals surface area contributed by atoms with Crippen molar-refractivity contribution in [2.45, 2.75) is 19.4 Å². The number of pyridine rings is 1. The number of aryl methyl sites for hydroxylation is 1. The number of hydrogen-bond donors (Lipinski definition) is 1. The van der Waals surface area contributed by atoms with Gasteiger partial charge >= 0.3 is 0 Å². The number of nitrogens with zero attached hydrogens (tertiary/aromatic N) is 3. The molecule has 2 heterocycles. The summed E-state index contributed by atoms with van der Waals surface area (Å²) in [5, 5.41) is 6.89. The molecule has 0 saturated heterocycles. The highest BCUT2D eigenvalue weighted by Gasteiger charge is 2.11. The Kier molecular flexibility index (Phi) is 5.71. The van der Waals surface area contributed by atoms with Crippen molar-refractivity contribution in [2.24, 2.45) is 0 Å². The van der Waals surface area contributed by atoms with E-state index in [-0.39, 0.29) is 12.3 Å². The molecule has 4 aromatic rings. The van der Waals surface area contributed by atoms with E-state index in [4.69, 9.17) is 4.52 Å². The number of carbonyl (C=O) groups excluding carboxylic acids is 1. The average molecular weight is 384 g/mol. The molecule has 0 spiro atoms. The highest BCUT2D eigenvalue weighted by molar-refractivity contribution is 5.76. The number of rotatable bonds is 7. The van der Waals surface area contributed by atoms with Crippen molar-refractivity contribution < 1.29 is 9.32 Å². The quantitative estimate of drug-likeness (QED) is 0.520. The molecule has 0 bridgehead atoms. The molecule has 0 atom stereocenters. The van der Waals surface area contributed by atoms with Crippen LogP contribution in [-0.4, -0.2) is 21.0 Å². The second-order valence-electron chi connectivity index (χ2n) is 6.59. The van der Waals surface area contributed by atoms with Crippen LogP contribution in [0.5, 0.6) is 0 Å². The zero-order valence-corrected chi connectivity index (χ0v) is 15.8. The van der Waals surface area contributed by atoms with Crippen molar-refractivity contribution in [1.29, 1.82) is 0 Å². The zero-order valence-electron chi connectivity index (χ0n) is 15.8. The van der Waals surface area contributed by atoms with Crippen molar-refractivity contribution in [3.05, 3.63) is 90.6 Å². The minimum atomic E-state index is -0.0687. The molecule has 144 valence electrons. The fourth-order valence-corrected chi connectivity index (χ4v) is 2.93. The van der Waals surface area contributed by atoms with Crippen LogP contribution in [0.25, 0.3) is 22.5 Å². The molecule has 6 nitrogen and oxygen atoms in total. The van der Waals surface area contributed by atoms with Gasteiger partial charge in [-0.1, -0.05) is 65.8 Å². The number of carbonyl (C=O) groups is 1. The summed E-state index contributed by atoms with van der Waals surface area (Å²) in [5.74, 6) is 0.903. The van der Waals surface area contributed by atoms with E-state index in [1.807, 2.05) is 54.6 Å². The van der Waals surface area contributed by atoms with Gasteiger partial charge in [0.2, 0.25) is 17.6 Å². The maximum atomic E-state index is 12.0. The van der Waals surface area contributed by atoms with E-state index in [0.717, 1.165) is 22.3 Å². The second kappa shape index (κ2) is 8.93. The molecule has 0 saturated carbocycles. The minimum Gasteiger partial charge on any atom is -0.352 e. The molecule has 0 aliphatic rings. The first-order valence-corrected chi connectivity index (χ1v) is 9.42. The van der Waals surface area contributed by atoms with E-state index in [2.05, 4.69) is 32.6 Å². The van der Waals surface area contributed by atoms with Gasteiger partial charge in [0.1, 0.15) is 0 Å². The highest BCUT2D eigenvalue weighted by Crippen LogP contribution is 2.23. The van der Waals surface area contributed by atoms with Crippen LogP contribution in [0, 0.1) is 0 Å². The van der Waals surface area contributed by atoms with E-state index in [0.29, 0.717) is 24.7 Å². The molecular formula is C23H20N4O2. The summed E-state index contributed by atoms with van der Waals surface area (Å²) in [6.45, 7) is 0.454. The van der Waals surface area contributed by atoms with Gasteiger partial charge in [-0.2, -0.15) is 4.98 Å². The lowest BCUT2D eigenvalue weighted by Gasteiger charge is -2.03. The third-order valence-corrected chi connectivity index (χ3v) is 4.50.